The van der Waals surface area contributed by atoms with Crippen molar-refractivity contribution < 1.29 is 14.0 Å². The second kappa shape index (κ2) is 11.6. The average molecular weight is 507 g/mol. The summed E-state index contributed by atoms with van der Waals surface area (Å²) in [7, 11) is 0. The SMILES string of the molecule is CC(C)CN(CC(=O)N(Cc1ccc(F)cc1)Cc1cccs1)C(=O)c1cc(Cl)cc(Cl)c1. The average Bonchev–Trinajstić information content (AvgIpc) is 3.26. The quantitative estimate of drug-likeness (QED) is 0.331. The Morgan fingerprint density at radius 1 is 0.970 bits per heavy atom. The van der Waals surface area contributed by atoms with Crippen molar-refractivity contribution in [1.29, 1.82) is 0 Å². The number of halogens is 3. The van der Waals surface area contributed by atoms with Gasteiger partial charge >= 0.3 is 0 Å². The summed E-state index contributed by atoms with van der Waals surface area (Å²) in [6.45, 7) is 4.99. The number of hydrogen-bond donors (Lipinski definition) is 0. The lowest BCUT2D eigenvalue weighted by atomic mass is 10.1. The minimum atomic E-state index is -0.330. The molecule has 0 aliphatic carbocycles. The number of carbonyl (C=O) groups excluding carboxylic acids is 2. The number of amides is 2. The van der Waals surface area contributed by atoms with Gasteiger partial charge in [0.05, 0.1) is 6.54 Å². The summed E-state index contributed by atoms with van der Waals surface area (Å²) in [5.41, 5.74) is 1.15. The van der Waals surface area contributed by atoms with Gasteiger partial charge in [-0.3, -0.25) is 9.59 Å². The zero-order chi connectivity index (χ0) is 24.0. The molecule has 0 aliphatic heterocycles. The monoisotopic (exact) mass is 506 g/mol. The van der Waals surface area contributed by atoms with Crippen LogP contribution in [0.2, 0.25) is 10.0 Å². The Balaban J connectivity index is 1.83. The van der Waals surface area contributed by atoms with Crippen LogP contribution in [0.3, 0.4) is 0 Å². The highest BCUT2D eigenvalue weighted by Gasteiger charge is 2.24. The van der Waals surface area contributed by atoms with E-state index in [2.05, 4.69) is 0 Å². The third-order valence-electron chi connectivity index (χ3n) is 4.87. The fourth-order valence-corrected chi connectivity index (χ4v) is 4.66. The molecule has 1 heterocycles. The van der Waals surface area contributed by atoms with Crippen LogP contribution in [-0.4, -0.2) is 34.7 Å². The van der Waals surface area contributed by atoms with E-state index in [0.717, 1.165) is 10.4 Å². The normalized spacial score (nSPS) is 11.0. The van der Waals surface area contributed by atoms with E-state index in [9.17, 15) is 14.0 Å². The Kier molecular flexibility index (Phi) is 8.89. The first-order valence-electron chi connectivity index (χ1n) is 10.5. The van der Waals surface area contributed by atoms with Gasteiger partial charge in [-0.05, 0) is 53.3 Å². The van der Waals surface area contributed by atoms with Crippen molar-refractivity contribution >= 4 is 46.4 Å². The van der Waals surface area contributed by atoms with Gasteiger partial charge in [-0.15, -0.1) is 11.3 Å². The van der Waals surface area contributed by atoms with Gasteiger partial charge in [-0.25, -0.2) is 4.39 Å². The van der Waals surface area contributed by atoms with E-state index in [-0.39, 0.29) is 30.1 Å². The molecule has 0 aliphatic rings. The molecule has 33 heavy (non-hydrogen) atoms. The van der Waals surface area contributed by atoms with E-state index in [1.807, 2.05) is 31.4 Å². The molecule has 0 radical (unpaired) electrons. The van der Waals surface area contributed by atoms with Crippen LogP contribution in [0.1, 0.15) is 34.6 Å². The standard InChI is InChI=1S/C25H25Cl2FN2O2S/c1-17(2)13-30(25(32)19-10-20(26)12-21(27)11-19)16-24(31)29(15-23-4-3-9-33-23)14-18-5-7-22(28)8-6-18/h3-12,17H,13-16H2,1-2H3. The Labute approximate surface area is 207 Å². The third-order valence-corrected chi connectivity index (χ3v) is 6.17. The van der Waals surface area contributed by atoms with Gasteiger partial charge in [0, 0.05) is 33.6 Å². The second-order valence-corrected chi connectivity index (χ2v) is 10.1. The smallest absolute Gasteiger partial charge is 0.254 e. The number of rotatable bonds is 9. The van der Waals surface area contributed by atoms with Gasteiger partial charge < -0.3 is 9.80 Å². The minimum Gasteiger partial charge on any atom is -0.332 e. The molecule has 0 bridgehead atoms. The van der Waals surface area contributed by atoms with Gasteiger partial charge in [-0.2, -0.15) is 0 Å². The molecule has 0 spiro atoms. The van der Waals surface area contributed by atoms with Gasteiger partial charge in [0.25, 0.3) is 5.91 Å². The van der Waals surface area contributed by atoms with Crippen LogP contribution in [-0.2, 0) is 17.9 Å². The highest BCUT2D eigenvalue weighted by Crippen LogP contribution is 2.21. The molecule has 8 heteroatoms. The molecule has 4 nitrogen and oxygen atoms in total. The lowest BCUT2D eigenvalue weighted by Crippen LogP contribution is -2.43. The predicted molar refractivity (Wildman–Crippen MR) is 132 cm³/mol. The Morgan fingerprint density at radius 3 is 2.21 bits per heavy atom. The summed E-state index contributed by atoms with van der Waals surface area (Å²) in [6.07, 6.45) is 0. The highest BCUT2D eigenvalue weighted by molar-refractivity contribution is 7.09. The molecule has 3 aromatic rings. The Hall–Kier alpha value is -2.41. The van der Waals surface area contributed by atoms with Crippen molar-refractivity contribution in [2.45, 2.75) is 26.9 Å². The fraction of sp³-hybridized carbons (Fsp3) is 0.280. The van der Waals surface area contributed by atoms with Crippen LogP contribution in [0.15, 0.2) is 60.0 Å². The minimum absolute atomic E-state index is 0.0896. The fourth-order valence-electron chi connectivity index (χ4n) is 3.42. The summed E-state index contributed by atoms with van der Waals surface area (Å²) in [5.74, 6) is -0.683. The number of benzene rings is 2. The first kappa shape index (κ1) is 25.2. The van der Waals surface area contributed by atoms with Gasteiger partial charge in [0.2, 0.25) is 5.91 Å². The van der Waals surface area contributed by atoms with Gasteiger partial charge in [-0.1, -0.05) is 55.2 Å². The van der Waals surface area contributed by atoms with E-state index in [1.165, 1.54) is 17.0 Å². The maximum Gasteiger partial charge on any atom is 0.254 e. The Bertz CT molecular complexity index is 1070. The van der Waals surface area contributed by atoms with E-state index >= 15 is 0 Å². The second-order valence-electron chi connectivity index (χ2n) is 8.19. The van der Waals surface area contributed by atoms with Crippen molar-refractivity contribution in [2.75, 3.05) is 13.1 Å². The van der Waals surface area contributed by atoms with Crippen LogP contribution < -0.4 is 0 Å². The van der Waals surface area contributed by atoms with Crippen molar-refractivity contribution in [2.24, 2.45) is 5.92 Å². The first-order valence-corrected chi connectivity index (χ1v) is 12.1. The molecule has 0 atom stereocenters. The number of thiophene rings is 1. The third kappa shape index (κ3) is 7.56. The molecule has 1 aromatic heterocycles. The topological polar surface area (TPSA) is 40.6 Å². The molecule has 0 fully saturated rings. The number of carbonyl (C=O) groups is 2. The summed E-state index contributed by atoms with van der Waals surface area (Å²) in [4.78, 5) is 30.9. The molecule has 3 rings (SSSR count). The number of nitrogens with zero attached hydrogens (tertiary/aromatic N) is 2. The lowest BCUT2D eigenvalue weighted by molar-refractivity contribution is -0.133. The van der Waals surface area contributed by atoms with E-state index in [0.29, 0.717) is 35.2 Å². The van der Waals surface area contributed by atoms with Gasteiger partial charge in [0.1, 0.15) is 12.4 Å². The first-order chi connectivity index (χ1) is 15.7. The molecular formula is C25H25Cl2FN2O2S. The summed E-state index contributed by atoms with van der Waals surface area (Å²) >= 11 is 13.7. The van der Waals surface area contributed by atoms with Crippen LogP contribution in [0.5, 0.6) is 0 Å². The summed E-state index contributed by atoms with van der Waals surface area (Å²) in [5, 5.41) is 2.67. The van der Waals surface area contributed by atoms with E-state index in [4.69, 9.17) is 23.2 Å². The van der Waals surface area contributed by atoms with Crippen molar-refractivity contribution in [3.63, 3.8) is 0 Å². The van der Waals surface area contributed by atoms with Crippen molar-refractivity contribution in [1.82, 2.24) is 9.80 Å². The van der Waals surface area contributed by atoms with Crippen LogP contribution >= 0.6 is 34.5 Å². The molecule has 2 amide bonds. The predicted octanol–water partition coefficient (Wildman–Crippen LogP) is 6.52. The summed E-state index contributed by atoms with van der Waals surface area (Å²) in [6, 6.07) is 14.6. The lowest BCUT2D eigenvalue weighted by Gasteiger charge is -2.29. The Morgan fingerprint density at radius 2 is 1.64 bits per heavy atom. The van der Waals surface area contributed by atoms with Crippen LogP contribution in [0.4, 0.5) is 4.39 Å². The van der Waals surface area contributed by atoms with Crippen LogP contribution in [0.25, 0.3) is 0 Å². The molecule has 0 N–H and O–H groups in total. The van der Waals surface area contributed by atoms with E-state index < -0.39 is 0 Å². The molecule has 2 aromatic carbocycles. The molecule has 0 saturated carbocycles. The number of hydrogen-bond acceptors (Lipinski definition) is 3. The van der Waals surface area contributed by atoms with Crippen molar-refractivity contribution in [3.05, 3.63) is 91.8 Å². The van der Waals surface area contributed by atoms with E-state index in [1.54, 1.807) is 46.6 Å². The van der Waals surface area contributed by atoms with Crippen molar-refractivity contribution in [3.8, 4) is 0 Å². The zero-order valence-corrected chi connectivity index (χ0v) is 20.8. The zero-order valence-electron chi connectivity index (χ0n) is 18.4. The molecule has 174 valence electrons. The maximum atomic E-state index is 13.4. The molecule has 0 unspecified atom stereocenters. The largest absolute Gasteiger partial charge is 0.332 e. The molecular weight excluding hydrogens is 482 g/mol. The maximum absolute atomic E-state index is 13.4. The summed E-state index contributed by atoms with van der Waals surface area (Å²) < 4.78 is 13.3. The molecule has 0 saturated heterocycles. The van der Waals surface area contributed by atoms with Gasteiger partial charge in [0.15, 0.2) is 0 Å². The highest BCUT2D eigenvalue weighted by atomic mass is 35.5. The van der Waals surface area contributed by atoms with Crippen LogP contribution in [0, 0.1) is 11.7 Å².